The number of aliphatic hydroxyl groups is 7. The van der Waals surface area contributed by atoms with Crippen LogP contribution in [0.1, 0.15) is 32.6 Å². The van der Waals surface area contributed by atoms with Crippen molar-refractivity contribution in [2.45, 2.75) is 94.0 Å². The second-order valence-electron chi connectivity index (χ2n) is 7.45. The molecular formula is C18H32O12. The minimum Gasteiger partial charge on any atom is -0.433 e. The van der Waals surface area contributed by atoms with Crippen LogP contribution >= 0.6 is 0 Å². The van der Waals surface area contributed by atoms with Crippen molar-refractivity contribution in [2.24, 2.45) is 0 Å². The predicted octanol–water partition coefficient (Wildman–Crippen LogP) is -3.27. The van der Waals surface area contributed by atoms with Gasteiger partial charge < -0.3 is 54.7 Å². The van der Waals surface area contributed by atoms with Crippen LogP contribution in [-0.4, -0.2) is 116 Å². The monoisotopic (exact) mass is 440 g/mol. The number of carbonyl (C=O) groups excluding carboxylic acids is 1. The largest absolute Gasteiger partial charge is 0.433 e. The Hall–Kier alpha value is -0.930. The predicted molar refractivity (Wildman–Crippen MR) is 96.6 cm³/mol. The topological polar surface area (TPSA) is 196 Å². The maximum Gasteiger partial charge on any atom is 0.308 e. The number of unbranched alkanes of at least 4 members (excludes halogenated alkanes) is 2. The number of rotatable bonds is 9. The average molecular weight is 440 g/mol. The molecule has 0 saturated carbocycles. The highest BCUT2D eigenvalue weighted by Crippen LogP contribution is 2.29. The molecule has 0 radical (unpaired) electrons. The Morgan fingerprint density at radius 2 is 1.37 bits per heavy atom. The number of carbonyl (C=O) groups is 1. The van der Waals surface area contributed by atoms with Crippen molar-refractivity contribution in [1.82, 2.24) is 0 Å². The fourth-order valence-corrected chi connectivity index (χ4v) is 3.34. The summed E-state index contributed by atoms with van der Waals surface area (Å²) in [7, 11) is 0. The summed E-state index contributed by atoms with van der Waals surface area (Å²) in [5, 5.41) is 69.1. The van der Waals surface area contributed by atoms with Gasteiger partial charge in [0.15, 0.2) is 12.4 Å². The van der Waals surface area contributed by atoms with E-state index >= 15 is 0 Å². The Morgan fingerprint density at radius 1 is 0.800 bits per heavy atom. The van der Waals surface area contributed by atoms with Gasteiger partial charge in [0.25, 0.3) is 0 Å². The van der Waals surface area contributed by atoms with Crippen molar-refractivity contribution in [1.29, 1.82) is 0 Å². The van der Waals surface area contributed by atoms with Gasteiger partial charge in [-0.1, -0.05) is 19.8 Å². The van der Waals surface area contributed by atoms with Gasteiger partial charge in [0.05, 0.1) is 13.2 Å². The lowest BCUT2D eigenvalue weighted by atomic mass is 9.97. The Bertz CT molecular complexity index is 531. The second-order valence-corrected chi connectivity index (χ2v) is 7.45. The normalized spacial score (nSPS) is 42.1. The highest BCUT2D eigenvalue weighted by Gasteiger charge is 2.51. The van der Waals surface area contributed by atoms with E-state index in [1.54, 1.807) is 0 Å². The quantitative estimate of drug-likeness (QED) is 0.140. The molecule has 0 aliphatic carbocycles. The van der Waals surface area contributed by atoms with Crippen LogP contribution in [0.25, 0.3) is 0 Å². The van der Waals surface area contributed by atoms with Crippen LogP contribution in [-0.2, 0) is 23.7 Å². The van der Waals surface area contributed by atoms with Crippen LogP contribution < -0.4 is 0 Å². The van der Waals surface area contributed by atoms with Crippen LogP contribution in [0.4, 0.5) is 0 Å². The van der Waals surface area contributed by atoms with Gasteiger partial charge in [-0.15, -0.1) is 0 Å². The molecule has 2 aliphatic heterocycles. The number of aliphatic hydroxyl groups excluding tert-OH is 7. The molecule has 2 rings (SSSR count). The molecule has 0 aromatic rings. The molecule has 176 valence electrons. The Morgan fingerprint density at radius 3 is 1.93 bits per heavy atom. The van der Waals surface area contributed by atoms with E-state index in [0.717, 1.165) is 12.8 Å². The molecule has 12 nitrogen and oxygen atoms in total. The molecular weight excluding hydrogens is 408 g/mol. The van der Waals surface area contributed by atoms with Gasteiger partial charge in [-0.05, 0) is 6.42 Å². The van der Waals surface area contributed by atoms with Gasteiger partial charge in [-0.3, -0.25) is 4.79 Å². The zero-order valence-electron chi connectivity index (χ0n) is 16.7. The highest BCUT2D eigenvalue weighted by atomic mass is 16.8. The van der Waals surface area contributed by atoms with Gasteiger partial charge in [0, 0.05) is 6.42 Å². The standard InChI is InChI=1S/C18H32O12/c1-2-3-4-5-10(21)29-18-16(14(25)12(23)9(7-20)28-18)30-17-15(26)13(24)11(22)8(6-19)27-17/h8-9,11-20,22-26H,2-7H2,1H3/t8-,9-,11-,12-,13+,14+,15-,16-,17+,18+/m1/s1. The fraction of sp³-hybridized carbons (Fsp3) is 0.944. The van der Waals surface area contributed by atoms with Crippen molar-refractivity contribution >= 4 is 5.97 Å². The lowest BCUT2D eigenvalue weighted by Crippen LogP contribution is -2.64. The van der Waals surface area contributed by atoms with Gasteiger partial charge in [-0.2, -0.15) is 0 Å². The van der Waals surface area contributed by atoms with Crippen LogP contribution in [0.15, 0.2) is 0 Å². The summed E-state index contributed by atoms with van der Waals surface area (Å²) in [5.74, 6) is -0.656. The molecule has 0 bridgehead atoms. The summed E-state index contributed by atoms with van der Waals surface area (Å²) < 4.78 is 21.3. The third-order valence-electron chi connectivity index (χ3n) is 5.20. The average Bonchev–Trinajstić information content (AvgIpc) is 2.73. The molecule has 0 spiro atoms. The van der Waals surface area contributed by atoms with Gasteiger partial charge in [0.2, 0.25) is 6.29 Å². The molecule has 2 aliphatic rings. The summed E-state index contributed by atoms with van der Waals surface area (Å²) in [6.45, 7) is 0.595. The summed E-state index contributed by atoms with van der Waals surface area (Å²) >= 11 is 0. The maximum absolute atomic E-state index is 12.1. The zero-order chi connectivity index (χ0) is 22.4. The number of hydrogen-bond acceptors (Lipinski definition) is 12. The molecule has 0 amide bonds. The lowest BCUT2D eigenvalue weighted by Gasteiger charge is -2.45. The van der Waals surface area contributed by atoms with Gasteiger partial charge >= 0.3 is 5.97 Å². The molecule has 2 fully saturated rings. The molecule has 10 atom stereocenters. The Labute approximate surface area is 173 Å². The third kappa shape index (κ3) is 5.85. The van der Waals surface area contributed by atoms with Crippen LogP contribution in [0.3, 0.4) is 0 Å². The van der Waals surface area contributed by atoms with Crippen LogP contribution in [0.5, 0.6) is 0 Å². The lowest BCUT2D eigenvalue weighted by molar-refractivity contribution is -0.362. The van der Waals surface area contributed by atoms with Crippen LogP contribution in [0, 0.1) is 0 Å². The zero-order valence-corrected chi connectivity index (χ0v) is 16.7. The van der Waals surface area contributed by atoms with E-state index in [9.17, 15) is 40.5 Å². The SMILES string of the molecule is CCCCCC(=O)O[C@@H]1O[C@H](CO)[C@@H](O)[C@H](O)[C@H]1O[C@@H]1O[C@H](CO)[C@@H](O)[C@H](O)[C@H]1O. The van der Waals surface area contributed by atoms with Crippen molar-refractivity contribution in [3.8, 4) is 0 Å². The first-order valence-corrected chi connectivity index (χ1v) is 10.0. The third-order valence-corrected chi connectivity index (χ3v) is 5.20. The fourth-order valence-electron chi connectivity index (χ4n) is 3.34. The first-order valence-electron chi connectivity index (χ1n) is 10.0. The first-order chi connectivity index (χ1) is 14.2. The minimum absolute atomic E-state index is 0.0723. The van der Waals surface area contributed by atoms with Gasteiger partial charge in [0.1, 0.15) is 42.7 Å². The molecule has 12 heteroatoms. The van der Waals surface area contributed by atoms with E-state index in [0.29, 0.717) is 6.42 Å². The smallest absolute Gasteiger partial charge is 0.308 e. The van der Waals surface area contributed by atoms with E-state index in [-0.39, 0.29) is 6.42 Å². The highest BCUT2D eigenvalue weighted by molar-refractivity contribution is 5.69. The van der Waals surface area contributed by atoms with Crippen molar-refractivity contribution in [3.05, 3.63) is 0 Å². The summed E-state index contributed by atoms with van der Waals surface area (Å²) in [4.78, 5) is 12.1. The number of esters is 1. The number of hydrogen-bond donors (Lipinski definition) is 7. The minimum atomic E-state index is -1.77. The molecule has 2 saturated heterocycles. The molecule has 0 unspecified atom stereocenters. The van der Waals surface area contributed by atoms with E-state index in [1.807, 2.05) is 6.92 Å². The molecule has 0 aromatic heterocycles. The summed E-state index contributed by atoms with van der Waals surface area (Å²) in [5.41, 5.74) is 0. The van der Waals surface area contributed by atoms with Crippen molar-refractivity contribution < 1.29 is 59.5 Å². The van der Waals surface area contributed by atoms with Crippen molar-refractivity contribution in [2.75, 3.05) is 13.2 Å². The van der Waals surface area contributed by atoms with Gasteiger partial charge in [-0.25, -0.2) is 0 Å². The van der Waals surface area contributed by atoms with E-state index < -0.39 is 80.6 Å². The second kappa shape index (κ2) is 11.6. The Balaban J connectivity index is 2.14. The van der Waals surface area contributed by atoms with Crippen LogP contribution in [0.2, 0.25) is 0 Å². The maximum atomic E-state index is 12.1. The Kier molecular flexibility index (Phi) is 9.81. The number of ether oxygens (including phenoxy) is 4. The molecule has 0 aromatic carbocycles. The van der Waals surface area contributed by atoms with E-state index in [4.69, 9.17) is 18.9 Å². The first kappa shape index (κ1) is 25.3. The molecule has 30 heavy (non-hydrogen) atoms. The summed E-state index contributed by atoms with van der Waals surface area (Å²) in [6, 6.07) is 0. The van der Waals surface area contributed by atoms with E-state index in [2.05, 4.69) is 0 Å². The summed E-state index contributed by atoms with van der Waals surface area (Å²) in [6.07, 6.45) is -13.4. The molecule has 7 N–H and O–H groups in total. The van der Waals surface area contributed by atoms with Crippen molar-refractivity contribution in [3.63, 3.8) is 0 Å². The molecule has 2 heterocycles. The van der Waals surface area contributed by atoms with E-state index in [1.165, 1.54) is 0 Å².